The van der Waals surface area contributed by atoms with Gasteiger partial charge in [-0.2, -0.15) is 5.26 Å². The number of fused-ring (bicyclic) bond motifs is 1. The summed E-state index contributed by atoms with van der Waals surface area (Å²) in [5.74, 6) is 5.25. The van der Waals surface area contributed by atoms with Crippen LogP contribution in [0.4, 0.5) is 4.39 Å². The number of rotatable bonds is 8. The van der Waals surface area contributed by atoms with Crippen molar-refractivity contribution in [1.29, 1.82) is 5.26 Å². The average molecular weight is 592 g/mol. The van der Waals surface area contributed by atoms with Crippen molar-refractivity contribution in [1.82, 2.24) is 19.3 Å². The van der Waals surface area contributed by atoms with Crippen molar-refractivity contribution in [2.24, 2.45) is 0 Å². The summed E-state index contributed by atoms with van der Waals surface area (Å²) in [5, 5.41) is 12.6. The van der Waals surface area contributed by atoms with Gasteiger partial charge in [-0.1, -0.05) is 41.8 Å². The number of aryl methyl sites for hydroxylation is 1. The number of carbonyl (C=O) groups excluding carboxylic acids is 2. The van der Waals surface area contributed by atoms with E-state index in [0.717, 1.165) is 22.5 Å². The van der Waals surface area contributed by atoms with E-state index in [1.165, 1.54) is 12.1 Å². The van der Waals surface area contributed by atoms with Crippen molar-refractivity contribution in [3.63, 3.8) is 0 Å². The molecule has 43 heavy (non-hydrogen) atoms. The lowest BCUT2D eigenvalue weighted by Gasteiger charge is -2.17. The van der Waals surface area contributed by atoms with E-state index in [-0.39, 0.29) is 40.7 Å². The van der Waals surface area contributed by atoms with Gasteiger partial charge < -0.3 is 9.88 Å². The Morgan fingerprint density at radius 3 is 2.70 bits per heavy atom. The van der Waals surface area contributed by atoms with Crippen LogP contribution >= 0.6 is 11.6 Å². The Kier molecular flexibility index (Phi) is 8.71. The zero-order valence-corrected chi connectivity index (χ0v) is 24.3. The molecule has 5 rings (SSSR count). The Balaban J connectivity index is 1.26. The van der Waals surface area contributed by atoms with Gasteiger partial charge >= 0.3 is 0 Å². The van der Waals surface area contributed by atoms with E-state index < -0.39 is 17.8 Å². The number of imidazole rings is 1. The lowest BCUT2D eigenvalue weighted by molar-refractivity contribution is 0.0929. The second kappa shape index (κ2) is 12.8. The molecule has 1 amide bonds. The second-order valence-corrected chi connectivity index (χ2v) is 10.5. The quantitative estimate of drug-likeness (QED) is 0.161. The molecule has 0 saturated heterocycles. The van der Waals surface area contributed by atoms with Gasteiger partial charge in [0.2, 0.25) is 0 Å². The number of nitriles is 1. The molecule has 0 fully saturated rings. The summed E-state index contributed by atoms with van der Waals surface area (Å²) in [6.07, 6.45) is 4.21. The normalized spacial score (nSPS) is 11.4. The van der Waals surface area contributed by atoms with Crippen molar-refractivity contribution in [3.05, 3.63) is 129 Å². The third-order valence-corrected chi connectivity index (χ3v) is 7.53. The van der Waals surface area contributed by atoms with Crippen LogP contribution in [0.2, 0.25) is 5.02 Å². The van der Waals surface area contributed by atoms with Crippen LogP contribution in [0.3, 0.4) is 0 Å². The molecular formula is C34H27ClFN5O2. The van der Waals surface area contributed by atoms with Gasteiger partial charge in [0.15, 0.2) is 5.78 Å². The Bertz CT molecular complexity index is 1940. The molecule has 0 aliphatic rings. The number of hydrogen-bond donors (Lipinski definition) is 1. The van der Waals surface area contributed by atoms with E-state index >= 15 is 0 Å². The first-order valence-corrected chi connectivity index (χ1v) is 14.1. The van der Waals surface area contributed by atoms with Crippen LogP contribution in [0.25, 0.3) is 5.65 Å². The molecule has 0 bridgehead atoms. The summed E-state index contributed by atoms with van der Waals surface area (Å²) < 4.78 is 17.8. The molecule has 0 unspecified atom stereocenters. The van der Waals surface area contributed by atoms with E-state index in [0.29, 0.717) is 12.0 Å². The molecule has 5 aromatic rings. The van der Waals surface area contributed by atoms with Crippen molar-refractivity contribution < 1.29 is 14.0 Å². The number of hydrogen-bond acceptors (Lipinski definition) is 4. The molecule has 0 radical (unpaired) electrons. The maximum Gasteiger partial charge on any atom is 0.268 e. The fourth-order valence-corrected chi connectivity index (χ4v) is 5.23. The maximum absolute atomic E-state index is 14.4. The first-order valence-electron chi connectivity index (χ1n) is 13.7. The number of aromatic nitrogens is 3. The summed E-state index contributed by atoms with van der Waals surface area (Å²) in [6.45, 7) is 3.85. The Morgan fingerprint density at radius 1 is 1.07 bits per heavy atom. The lowest BCUT2D eigenvalue weighted by Crippen LogP contribution is -2.29. The van der Waals surface area contributed by atoms with Crippen molar-refractivity contribution in [2.75, 3.05) is 0 Å². The third kappa shape index (κ3) is 6.35. The summed E-state index contributed by atoms with van der Waals surface area (Å²) in [7, 11) is 0. The number of halogens is 2. The highest BCUT2D eigenvalue weighted by Gasteiger charge is 2.21. The highest BCUT2D eigenvalue weighted by atomic mass is 35.5. The SMILES string of the molecule is Cc1ccc(C(=O)CCCn2c(C#N)ccc2C(=O)N[C@@H](C)c2c(F)cccc2Cl)cc1C#Cc1cnc2ccccn12. The average Bonchev–Trinajstić information content (AvgIpc) is 3.60. The van der Waals surface area contributed by atoms with E-state index in [4.69, 9.17) is 11.6 Å². The lowest BCUT2D eigenvalue weighted by atomic mass is 10.0. The molecule has 3 heterocycles. The van der Waals surface area contributed by atoms with Crippen LogP contribution in [0, 0.1) is 35.9 Å². The van der Waals surface area contributed by atoms with Crippen molar-refractivity contribution >= 4 is 28.9 Å². The minimum atomic E-state index is -0.705. The number of amides is 1. The highest BCUT2D eigenvalue weighted by molar-refractivity contribution is 6.31. The highest BCUT2D eigenvalue weighted by Crippen LogP contribution is 2.26. The topological polar surface area (TPSA) is 92.2 Å². The summed E-state index contributed by atoms with van der Waals surface area (Å²) in [5.41, 5.74) is 4.50. The second-order valence-electron chi connectivity index (χ2n) is 10.1. The standard InChI is InChI=1S/C34H27ClFN5O2/c1-22-11-12-25(19-24(22)13-14-27-21-38-32-10-3-4-17-41(27)32)31(42)9-6-18-40-26(20-37)15-16-30(40)34(43)39-23(2)33-28(35)7-5-8-29(33)36/h3-5,7-8,10-12,15-17,19,21,23H,6,9,18H2,1-2H3,(H,39,43)/t23-/m0/s1. The van der Waals surface area contributed by atoms with Gasteiger partial charge in [-0.05, 0) is 74.2 Å². The minimum Gasteiger partial charge on any atom is -0.344 e. The van der Waals surface area contributed by atoms with E-state index in [1.54, 1.807) is 48.0 Å². The number of carbonyl (C=O) groups is 2. The van der Waals surface area contributed by atoms with Gasteiger partial charge in [-0.15, -0.1) is 0 Å². The van der Waals surface area contributed by atoms with Crippen LogP contribution < -0.4 is 5.32 Å². The molecule has 214 valence electrons. The molecule has 1 atom stereocenters. The molecule has 2 aromatic carbocycles. The molecule has 0 saturated carbocycles. The number of benzene rings is 2. The monoisotopic (exact) mass is 591 g/mol. The van der Waals surface area contributed by atoms with Gasteiger partial charge in [0, 0.05) is 40.9 Å². The molecule has 0 aliphatic carbocycles. The van der Waals surface area contributed by atoms with Gasteiger partial charge in [0.25, 0.3) is 5.91 Å². The van der Waals surface area contributed by atoms with Crippen molar-refractivity contribution in [2.45, 2.75) is 39.3 Å². The zero-order chi connectivity index (χ0) is 30.5. The summed E-state index contributed by atoms with van der Waals surface area (Å²) >= 11 is 6.16. The Morgan fingerprint density at radius 2 is 1.91 bits per heavy atom. The molecule has 3 aromatic heterocycles. The number of Topliss-reactive ketones (excluding diaryl/α,β-unsaturated/α-hetero) is 1. The molecule has 0 spiro atoms. The number of pyridine rings is 1. The molecule has 1 N–H and O–H groups in total. The van der Waals surface area contributed by atoms with Crippen molar-refractivity contribution in [3.8, 4) is 17.9 Å². The molecular weight excluding hydrogens is 565 g/mol. The first-order chi connectivity index (χ1) is 20.8. The van der Waals surface area contributed by atoms with Gasteiger partial charge in [0.1, 0.15) is 34.6 Å². The number of ketones is 1. The van der Waals surface area contributed by atoms with E-state index in [2.05, 4.69) is 28.2 Å². The Hall–Kier alpha value is -5.18. The molecule has 0 aliphatic heterocycles. The fraction of sp³-hybridized carbons (Fsp3) is 0.176. The number of nitrogens with one attached hydrogen (secondary N) is 1. The van der Waals surface area contributed by atoms with Crippen LogP contribution in [0.5, 0.6) is 0 Å². The van der Waals surface area contributed by atoms with Gasteiger partial charge in [0.05, 0.1) is 12.2 Å². The van der Waals surface area contributed by atoms with Crippen LogP contribution in [0.1, 0.15) is 74.7 Å². The molecule has 7 nitrogen and oxygen atoms in total. The van der Waals surface area contributed by atoms with Gasteiger partial charge in [-0.25, -0.2) is 9.37 Å². The van der Waals surface area contributed by atoms with E-state index in [1.807, 2.05) is 41.8 Å². The largest absolute Gasteiger partial charge is 0.344 e. The van der Waals surface area contributed by atoms with Crippen LogP contribution in [0.15, 0.2) is 79.1 Å². The summed E-state index contributed by atoms with van der Waals surface area (Å²) in [4.78, 5) is 30.6. The predicted molar refractivity (Wildman–Crippen MR) is 162 cm³/mol. The number of nitrogens with zero attached hydrogens (tertiary/aromatic N) is 4. The van der Waals surface area contributed by atoms with Gasteiger partial charge in [-0.3, -0.25) is 14.0 Å². The van der Waals surface area contributed by atoms with Crippen LogP contribution in [-0.4, -0.2) is 25.6 Å². The maximum atomic E-state index is 14.4. The fourth-order valence-electron chi connectivity index (χ4n) is 4.90. The van der Waals surface area contributed by atoms with E-state index in [9.17, 15) is 19.2 Å². The predicted octanol–water partition coefficient (Wildman–Crippen LogP) is 6.66. The first kappa shape index (κ1) is 29.3. The smallest absolute Gasteiger partial charge is 0.268 e. The Labute approximate surface area is 253 Å². The minimum absolute atomic E-state index is 0.0719. The van der Waals surface area contributed by atoms with Crippen LogP contribution in [-0.2, 0) is 6.54 Å². The molecule has 9 heteroatoms. The third-order valence-electron chi connectivity index (χ3n) is 7.20. The zero-order valence-electron chi connectivity index (χ0n) is 23.6. The summed E-state index contributed by atoms with van der Waals surface area (Å²) in [6, 6.07) is 20.0.